The summed E-state index contributed by atoms with van der Waals surface area (Å²) in [6.45, 7) is 1.86. The van der Waals surface area contributed by atoms with E-state index in [2.05, 4.69) is 10.4 Å². The fourth-order valence-corrected chi connectivity index (χ4v) is 2.34. The minimum absolute atomic E-state index is 0.296. The van der Waals surface area contributed by atoms with E-state index in [1.807, 2.05) is 19.1 Å². The highest BCUT2D eigenvalue weighted by Crippen LogP contribution is 2.23. The van der Waals surface area contributed by atoms with Crippen LogP contribution >= 0.6 is 11.8 Å². The van der Waals surface area contributed by atoms with Crippen molar-refractivity contribution < 1.29 is 9.21 Å². The maximum Gasteiger partial charge on any atom is 0.265 e. The maximum absolute atomic E-state index is 11.6. The molecule has 0 atom stereocenters. The van der Waals surface area contributed by atoms with Crippen LogP contribution in [0.25, 0.3) is 0 Å². The Hall–Kier alpha value is -1.79. The van der Waals surface area contributed by atoms with Crippen LogP contribution in [0.2, 0.25) is 0 Å². The van der Waals surface area contributed by atoms with Crippen LogP contribution in [0.5, 0.6) is 0 Å². The van der Waals surface area contributed by atoms with Gasteiger partial charge in [-0.1, -0.05) is 30.0 Å². The van der Waals surface area contributed by atoms with Crippen LogP contribution in [0.4, 0.5) is 0 Å². The summed E-state index contributed by atoms with van der Waals surface area (Å²) in [4.78, 5) is 15.8. The lowest BCUT2D eigenvalue weighted by atomic mass is 10.1. The number of nitrogen functional groups attached to an aromatic ring is 1. The van der Waals surface area contributed by atoms with E-state index in [9.17, 15) is 4.79 Å². The summed E-state index contributed by atoms with van der Waals surface area (Å²) in [5, 5.41) is 0.593. The lowest BCUT2D eigenvalue weighted by molar-refractivity contribution is 0.0953. The first-order valence-corrected chi connectivity index (χ1v) is 6.33. The van der Waals surface area contributed by atoms with E-state index in [0.717, 1.165) is 11.3 Å². The second-order valence-electron chi connectivity index (χ2n) is 3.67. The lowest BCUT2D eigenvalue weighted by Crippen LogP contribution is -2.30. The van der Waals surface area contributed by atoms with Gasteiger partial charge in [-0.3, -0.25) is 10.2 Å². The molecule has 0 aliphatic carbocycles. The van der Waals surface area contributed by atoms with Crippen LogP contribution in [-0.4, -0.2) is 10.9 Å². The van der Waals surface area contributed by atoms with Crippen molar-refractivity contribution in [2.45, 2.75) is 17.9 Å². The van der Waals surface area contributed by atoms with Gasteiger partial charge in [-0.25, -0.2) is 10.8 Å². The number of carbonyl (C=O) groups is 1. The first-order valence-electron chi connectivity index (χ1n) is 5.34. The van der Waals surface area contributed by atoms with Crippen molar-refractivity contribution in [2.24, 2.45) is 5.84 Å². The second-order valence-corrected chi connectivity index (χ2v) is 4.60. The molecule has 0 spiro atoms. The van der Waals surface area contributed by atoms with E-state index in [-0.39, 0.29) is 5.91 Å². The minimum Gasteiger partial charge on any atom is -0.440 e. The lowest BCUT2D eigenvalue weighted by Gasteiger charge is -2.06. The summed E-state index contributed by atoms with van der Waals surface area (Å²) in [6.07, 6.45) is 1.60. The van der Waals surface area contributed by atoms with E-state index in [0.29, 0.717) is 16.5 Å². The number of hydrazine groups is 1. The van der Waals surface area contributed by atoms with Gasteiger partial charge in [-0.2, -0.15) is 0 Å². The molecule has 0 saturated heterocycles. The van der Waals surface area contributed by atoms with Crippen molar-refractivity contribution in [3.8, 4) is 0 Å². The van der Waals surface area contributed by atoms with E-state index >= 15 is 0 Å². The predicted octanol–water partition coefficient (Wildman–Crippen LogP) is 1.88. The van der Waals surface area contributed by atoms with Crippen LogP contribution in [0.15, 0.2) is 40.2 Å². The normalized spacial score (nSPS) is 10.3. The average molecular weight is 263 g/mol. The number of hydrogen-bond donors (Lipinski definition) is 2. The molecule has 1 heterocycles. The average Bonchev–Trinajstić information content (AvgIpc) is 2.81. The Kier molecular flexibility index (Phi) is 4.01. The molecule has 0 saturated carbocycles. The molecule has 5 nitrogen and oxygen atoms in total. The molecule has 1 aromatic heterocycles. The third-order valence-corrected chi connectivity index (χ3v) is 3.23. The molecule has 2 aromatic rings. The summed E-state index contributed by atoms with van der Waals surface area (Å²) >= 11 is 1.44. The SMILES string of the molecule is Cc1coc(SCc2ccccc2C(=O)NN)n1. The number of aryl methyl sites for hydroxylation is 1. The topological polar surface area (TPSA) is 81.2 Å². The first-order chi connectivity index (χ1) is 8.70. The predicted molar refractivity (Wildman–Crippen MR) is 68.9 cm³/mol. The molecular weight excluding hydrogens is 250 g/mol. The summed E-state index contributed by atoms with van der Waals surface area (Å²) in [7, 11) is 0. The third kappa shape index (κ3) is 2.91. The molecule has 94 valence electrons. The van der Waals surface area contributed by atoms with E-state index in [4.69, 9.17) is 10.3 Å². The second kappa shape index (κ2) is 5.70. The summed E-state index contributed by atoms with van der Waals surface area (Å²) < 4.78 is 5.24. The van der Waals surface area contributed by atoms with Crippen LogP contribution in [0.1, 0.15) is 21.6 Å². The number of hydrogen-bond acceptors (Lipinski definition) is 5. The molecular formula is C12H13N3O2S. The fourth-order valence-electron chi connectivity index (χ4n) is 1.48. The van der Waals surface area contributed by atoms with Gasteiger partial charge >= 0.3 is 0 Å². The monoisotopic (exact) mass is 263 g/mol. The largest absolute Gasteiger partial charge is 0.440 e. The third-order valence-electron chi connectivity index (χ3n) is 2.34. The molecule has 2 rings (SSSR count). The van der Waals surface area contributed by atoms with Crippen LogP contribution in [0, 0.1) is 6.92 Å². The Balaban J connectivity index is 2.11. The zero-order valence-electron chi connectivity index (χ0n) is 9.84. The molecule has 6 heteroatoms. The van der Waals surface area contributed by atoms with E-state index in [1.165, 1.54) is 11.8 Å². The van der Waals surface area contributed by atoms with Gasteiger partial charge in [0.2, 0.25) is 0 Å². The number of nitrogens with one attached hydrogen (secondary N) is 1. The van der Waals surface area contributed by atoms with Crippen LogP contribution in [-0.2, 0) is 5.75 Å². The Morgan fingerprint density at radius 2 is 2.28 bits per heavy atom. The Labute approximate surface area is 109 Å². The highest BCUT2D eigenvalue weighted by molar-refractivity contribution is 7.98. The highest BCUT2D eigenvalue weighted by Gasteiger charge is 2.10. The van der Waals surface area contributed by atoms with Crippen molar-refractivity contribution in [1.82, 2.24) is 10.4 Å². The number of oxazole rings is 1. The van der Waals surface area contributed by atoms with E-state index < -0.39 is 0 Å². The molecule has 1 aromatic carbocycles. The summed E-state index contributed by atoms with van der Waals surface area (Å²) in [6, 6.07) is 7.30. The Morgan fingerprint density at radius 3 is 2.94 bits per heavy atom. The number of thioether (sulfide) groups is 1. The van der Waals surface area contributed by atoms with Gasteiger partial charge in [0.05, 0.1) is 5.69 Å². The number of nitrogens with zero attached hydrogens (tertiary/aromatic N) is 1. The van der Waals surface area contributed by atoms with Crippen LogP contribution in [0.3, 0.4) is 0 Å². The zero-order chi connectivity index (χ0) is 13.0. The molecule has 0 unspecified atom stereocenters. The van der Waals surface area contributed by atoms with Crippen molar-refractivity contribution in [3.05, 3.63) is 47.3 Å². The first kappa shape index (κ1) is 12.7. The maximum atomic E-state index is 11.6. The molecule has 18 heavy (non-hydrogen) atoms. The molecule has 0 radical (unpaired) electrons. The number of benzene rings is 1. The smallest absolute Gasteiger partial charge is 0.265 e. The number of nitrogens with two attached hydrogens (primary N) is 1. The highest BCUT2D eigenvalue weighted by atomic mass is 32.2. The van der Waals surface area contributed by atoms with Gasteiger partial charge in [0.25, 0.3) is 11.1 Å². The van der Waals surface area contributed by atoms with Gasteiger partial charge in [-0.15, -0.1) is 0 Å². The van der Waals surface area contributed by atoms with Crippen LogP contribution < -0.4 is 11.3 Å². The Bertz CT molecular complexity index is 554. The zero-order valence-corrected chi connectivity index (χ0v) is 10.7. The van der Waals surface area contributed by atoms with Gasteiger partial charge in [-0.05, 0) is 18.6 Å². The minimum atomic E-state index is -0.296. The van der Waals surface area contributed by atoms with Crippen molar-refractivity contribution >= 4 is 17.7 Å². The molecule has 0 fully saturated rings. The summed E-state index contributed by atoms with van der Waals surface area (Å²) in [5.74, 6) is 5.45. The fraction of sp³-hybridized carbons (Fsp3) is 0.167. The van der Waals surface area contributed by atoms with Gasteiger partial charge in [0.15, 0.2) is 0 Å². The summed E-state index contributed by atoms with van der Waals surface area (Å²) in [5.41, 5.74) is 4.43. The van der Waals surface area contributed by atoms with Gasteiger partial charge < -0.3 is 4.42 Å². The van der Waals surface area contributed by atoms with Crippen molar-refractivity contribution in [3.63, 3.8) is 0 Å². The molecule has 0 aliphatic rings. The molecule has 1 amide bonds. The number of aromatic nitrogens is 1. The van der Waals surface area contributed by atoms with Gasteiger partial charge in [0, 0.05) is 11.3 Å². The Morgan fingerprint density at radius 1 is 1.50 bits per heavy atom. The quantitative estimate of drug-likeness (QED) is 0.381. The molecule has 0 aliphatic heterocycles. The number of rotatable bonds is 4. The van der Waals surface area contributed by atoms with Gasteiger partial charge in [0.1, 0.15) is 6.26 Å². The standard InChI is InChI=1S/C12H13N3O2S/c1-8-6-17-12(14-8)18-7-9-4-2-3-5-10(9)11(16)15-13/h2-6H,7,13H2,1H3,(H,15,16). The molecule has 3 N–H and O–H groups in total. The van der Waals surface area contributed by atoms with E-state index in [1.54, 1.807) is 18.4 Å². The number of carbonyl (C=O) groups excluding carboxylic acids is 1. The number of amides is 1. The van der Waals surface area contributed by atoms with Crippen molar-refractivity contribution in [2.75, 3.05) is 0 Å². The molecule has 0 bridgehead atoms. The van der Waals surface area contributed by atoms with Crippen molar-refractivity contribution in [1.29, 1.82) is 0 Å².